The first-order chi connectivity index (χ1) is 11.2. The minimum absolute atomic E-state index is 0.0158. The topological polar surface area (TPSA) is 110 Å². The molecule has 10 heteroatoms. The van der Waals surface area contributed by atoms with E-state index in [1.807, 2.05) is 0 Å². The number of carbonyl (C=O) groups excluding carboxylic acids is 1. The molecular formula is C14H18ClN3O5S. The zero-order valence-electron chi connectivity index (χ0n) is 13.1. The number of benzene rings is 1. The van der Waals surface area contributed by atoms with Crippen LogP contribution in [-0.2, 0) is 14.8 Å². The average molecular weight is 376 g/mol. The summed E-state index contributed by atoms with van der Waals surface area (Å²) in [4.78, 5) is 22.6. The second-order valence-electron chi connectivity index (χ2n) is 5.51. The Morgan fingerprint density at radius 3 is 2.83 bits per heavy atom. The number of hydrogen-bond acceptors (Lipinski definition) is 5. The van der Waals surface area contributed by atoms with Crippen molar-refractivity contribution in [3.05, 3.63) is 33.3 Å². The molecule has 8 nitrogen and oxygen atoms in total. The number of sulfonamides is 1. The zero-order valence-corrected chi connectivity index (χ0v) is 14.6. The maximum Gasteiger partial charge on any atom is 0.271 e. The minimum Gasteiger partial charge on any atom is -0.324 e. The molecule has 0 spiro atoms. The number of anilines is 1. The molecule has 1 atom stereocenters. The first-order valence-corrected chi connectivity index (χ1v) is 9.46. The number of carbonyl (C=O) groups is 1. The van der Waals surface area contributed by atoms with E-state index >= 15 is 0 Å². The van der Waals surface area contributed by atoms with Crippen molar-refractivity contribution in [1.82, 2.24) is 4.31 Å². The lowest BCUT2D eigenvalue weighted by Gasteiger charge is -2.30. The maximum atomic E-state index is 12.4. The number of amides is 1. The Labute approximate surface area is 145 Å². The molecule has 1 fully saturated rings. The summed E-state index contributed by atoms with van der Waals surface area (Å²) in [5.74, 6) is -0.929. The van der Waals surface area contributed by atoms with Crippen LogP contribution >= 0.6 is 11.6 Å². The summed E-state index contributed by atoms with van der Waals surface area (Å²) in [5, 5.41) is 13.6. The Hall–Kier alpha value is -1.71. The van der Waals surface area contributed by atoms with Crippen molar-refractivity contribution in [3.8, 4) is 0 Å². The SMILES string of the molecule is CCS(=O)(=O)N1CCC[C@@H](C(=O)Nc2cc([N+](=O)[O-])ccc2Cl)C1. The monoisotopic (exact) mass is 375 g/mol. The third-order valence-electron chi connectivity index (χ3n) is 3.93. The molecule has 0 radical (unpaired) electrons. The fourth-order valence-electron chi connectivity index (χ4n) is 2.55. The molecule has 1 heterocycles. The van der Waals surface area contributed by atoms with E-state index in [-0.39, 0.29) is 28.7 Å². The molecule has 1 aromatic carbocycles. The fraction of sp³-hybridized carbons (Fsp3) is 0.500. The van der Waals surface area contributed by atoms with Crippen LogP contribution in [-0.4, -0.2) is 42.4 Å². The molecule has 1 aliphatic heterocycles. The van der Waals surface area contributed by atoms with E-state index in [2.05, 4.69) is 5.32 Å². The number of halogens is 1. The van der Waals surface area contributed by atoms with E-state index in [0.29, 0.717) is 19.4 Å². The predicted molar refractivity (Wildman–Crippen MR) is 90.5 cm³/mol. The van der Waals surface area contributed by atoms with Gasteiger partial charge < -0.3 is 5.32 Å². The molecule has 0 unspecified atom stereocenters. The zero-order chi connectivity index (χ0) is 17.9. The molecule has 1 aliphatic rings. The Morgan fingerprint density at radius 1 is 1.50 bits per heavy atom. The van der Waals surface area contributed by atoms with Crippen LogP contribution in [0.15, 0.2) is 18.2 Å². The smallest absolute Gasteiger partial charge is 0.271 e. The van der Waals surface area contributed by atoms with Gasteiger partial charge in [0.2, 0.25) is 15.9 Å². The van der Waals surface area contributed by atoms with E-state index in [1.54, 1.807) is 6.92 Å². The Kier molecular flexibility index (Phi) is 5.79. The number of nitrogens with zero attached hydrogens (tertiary/aromatic N) is 2. The van der Waals surface area contributed by atoms with Gasteiger partial charge in [-0.2, -0.15) is 0 Å². The number of rotatable bonds is 5. The standard InChI is InChI=1S/C14H18ClN3O5S/c1-2-24(22,23)17-7-3-4-10(9-17)14(19)16-13-8-11(18(20)21)5-6-12(13)15/h5-6,8,10H,2-4,7,9H2,1H3,(H,16,19)/t10-/m1/s1. The van der Waals surface area contributed by atoms with Crippen LogP contribution in [0.1, 0.15) is 19.8 Å². The highest BCUT2D eigenvalue weighted by atomic mass is 35.5. The lowest BCUT2D eigenvalue weighted by atomic mass is 9.98. The molecule has 132 valence electrons. The highest BCUT2D eigenvalue weighted by Crippen LogP contribution is 2.28. The maximum absolute atomic E-state index is 12.4. The van der Waals surface area contributed by atoms with Gasteiger partial charge in [-0.15, -0.1) is 0 Å². The third-order valence-corrected chi connectivity index (χ3v) is 6.11. The van der Waals surface area contributed by atoms with Crippen molar-refractivity contribution < 1.29 is 18.1 Å². The predicted octanol–water partition coefficient (Wildman–Crippen LogP) is 2.25. The molecule has 1 N–H and O–H groups in total. The second kappa shape index (κ2) is 7.45. The second-order valence-corrected chi connectivity index (χ2v) is 8.17. The van der Waals surface area contributed by atoms with Gasteiger partial charge in [0, 0.05) is 25.2 Å². The van der Waals surface area contributed by atoms with Crippen LogP contribution in [0.4, 0.5) is 11.4 Å². The lowest BCUT2D eigenvalue weighted by Crippen LogP contribution is -2.44. The third kappa shape index (κ3) is 4.22. The molecule has 24 heavy (non-hydrogen) atoms. The van der Waals surface area contributed by atoms with Crippen LogP contribution in [0.3, 0.4) is 0 Å². The largest absolute Gasteiger partial charge is 0.324 e. The summed E-state index contributed by atoms with van der Waals surface area (Å²) in [5.41, 5.74) is -0.0418. The highest BCUT2D eigenvalue weighted by molar-refractivity contribution is 7.89. The van der Waals surface area contributed by atoms with Crippen LogP contribution in [0.25, 0.3) is 0 Å². The van der Waals surface area contributed by atoms with Crippen LogP contribution < -0.4 is 5.32 Å². The van der Waals surface area contributed by atoms with E-state index in [9.17, 15) is 23.3 Å². The highest BCUT2D eigenvalue weighted by Gasteiger charge is 2.31. The molecule has 1 amide bonds. The van der Waals surface area contributed by atoms with Gasteiger partial charge in [-0.25, -0.2) is 12.7 Å². The van der Waals surface area contributed by atoms with Crippen molar-refractivity contribution in [2.75, 3.05) is 24.2 Å². The molecule has 0 aromatic heterocycles. The van der Waals surface area contributed by atoms with Crippen molar-refractivity contribution in [2.24, 2.45) is 5.92 Å². The number of nitro benzene ring substituents is 1. The van der Waals surface area contributed by atoms with Gasteiger partial charge in [0.25, 0.3) is 5.69 Å². The van der Waals surface area contributed by atoms with Crippen molar-refractivity contribution >= 4 is 38.9 Å². The Balaban J connectivity index is 2.12. The molecule has 0 bridgehead atoms. The summed E-state index contributed by atoms with van der Waals surface area (Å²) in [7, 11) is -3.35. The van der Waals surface area contributed by atoms with Crippen molar-refractivity contribution in [2.45, 2.75) is 19.8 Å². The fourth-order valence-corrected chi connectivity index (χ4v) is 3.89. The van der Waals surface area contributed by atoms with E-state index in [0.717, 1.165) is 0 Å². The minimum atomic E-state index is -3.35. The quantitative estimate of drug-likeness (QED) is 0.627. The summed E-state index contributed by atoms with van der Waals surface area (Å²) in [6.45, 7) is 2.06. The lowest BCUT2D eigenvalue weighted by molar-refractivity contribution is -0.384. The number of non-ortho nitro benzene ring substituents is 1. The Morgan fingerprint density at radius 2 is 2.21 bits per heavy atom. The van der Waals surface area contributed by atoms with Crippen LogP contribution in [0.5, 0.6) is 0 Å². The van der Waals surface area contributed by atoms with Gasteiger partial charge in [0.1, 0.15) is 0 Å². The van der Waals surface area contributed by atoms with Gasteiger partial charge in [-0.1, -0.05) is 11.6 Å². The van der Waals surface area contributed by atoms with Gasteiger partial charge >= 0.3 is 0 Å². The summed E-state index contributed by atoms with van der Waals surface area (Å²) < 4.78 is 25.2. The molecule has 0 saturated carbocycles. The van der Waals surface area contributed by atoms with Gasteiger partial charge in [-0.05, 0) is 25.8 Å². The molecule has 1 aromatic rings. The number of hydrogen-bond donors (Lipinski definition) is 1. The van der Waals surface area contributed by atoms with Crippen LogP contribution in [0.2, 0.25) is 5.02 Å². The molecular weight excluding hydrogens is 358 g/mol. The first kappa shape index (κ1) is 18.6. The average Bonchev–Trinajstić information content (AvgIpc) is 2.56. The van der Waals surface area contributed by atoms with Crippen LogP contribution in [0, 0.1) is 16.0 Å². The molecule has 0 aliphatic carbocycles. The van der Waals surface area contributed by atoms with Gasteiger partial charge in [0.05, 0.1) is 27.3 Å². The summed E-state index contributed by atoms with van der Waals surface area (Å²) >= 11 is 5.96. The van der Waals surface area contributed by atoms with E-state index < -0.39 is 26.8 Å². The van der Waals surface area contributed by atoms with Crippen molar-refractivity contribution in [1.29, 1.82) is 0 Å². The Bertz CT molecular complexity index is 753. The van der Waals surface area contributed by atoms with Crippen molar-refractivity contribution in [3.63, 3.8) is 0 Å². The summed E-state index contributed by atoms with van der Waals surface area (Å²) in [6.07, 6.45) is 1.13. The van der Waals surface area contributed by atoms with Gasteiger partial charge in [-0.3, -0.25) is 14.9 Å². The number of piperidine rings is 1. The molecule has 2 rings (SSSR count). The number of nitro groups is 1. The first-order valence-electron chi connectivity index (χ1n) is 7.47. The van der Waals surface area contributed by atoms with E-state index in [1.165, 1.54) is 22.5 Å². The van der Waals surface area contributed by atoms with Gasteiger partial charge in [0.15, 0.2) is 0 Å². The summed E-state index contributed by atoms with van der Waals surface area (Å²) in [6, 6.07) is 3.77. The molecule has 1 saturated heterocycles. The normalized spacial score (nSPS) is 19.0. The van der Waals surface area contributed by atoms with E-state index in [4.69, 9.17) is 11.6 Å². The number of nitrogens with one attached hydrogen (secondary N) is 1.